The molecule has 0 unspecified atom stereocenters. The number of hydrogen-bond donors (Lipinski definition) is 1. The van der Waals surface area contributed by atoms with E-state index in [1.54, 1.807) is 0 Å². The predicted molar refractivity (Wildman–Crippen MR) is 96.6 cm³/mol. The molecule has 0 bridgehead atoms. The van der Waals surface area contributed by atoms with Crippen molar-refractivity contribution in [3.63, 3.8) is 0 Å². The standard InChI is InChI=1S/C21H29NO3/c23-20(19-15-21(19)10-13-24-14-11-21)22-12-9-16-5-7-18(8-6-16)25-17-3-1-2-4-17/h5-8,17,19H,1-4,9-15H2,(H,22,23)/t19-/m0/s1. The van der Waals surface area contributed by atoms with Crippen LogP contribution in [0.3, 0.4) is 0 Å². The summed E-state index contributed by atoms with van der Waals surface area (Å²) in [5.74, 6) is 1.43. The molecule has 1 heterocycles. The van der Waals surface area contributed by atoms with Gasteiger partial charge in [0.05, 0.1) is 6.10 Å². The number of nitrogens with one attached hydrogen (secondary N) is 1. The van der Waals surface area contributed by atoms with Crippen molar-refractivity contribution in [1.82, 2.24) is 5.32 Å². The highest BCUT2D eigenvalue weighted by molar-refractivity contribution is 5.82. The molecule has 1 aliphatic heterocycles. The number of hydrogen-bond acceptors (Lipinski definition) is 3. The molecule has 0 aromatic heterocycles. The van der Waals surface area contributed by atoms with Crippen LogP contribution in [0, 0.1) is 11.3 Å². The maximum absolute atomic E-state index is 12.3. The van der Waals surface area contributed by atoms with Crippen molar-refractivity contribution < 1.29 is 14.3 Å². The Bertz CT molecular complexity index is 586. The maximum atomic E-state index is 12.3. The van der Waals surface area contributed by atoms with Crippen LogP contribution in [-0.4, -0.2) is 31.8 Å². The fourth-order valence-corrected chi connectivity index (χ4v) is 4.44. The number of amides is 1. The molecule has 1 spiro atoms. The van der Waals surface area contributed by atoms with Crippen LogP contribution in [0.4, 0.5) is 0 Å². The molecule has 3 aliphatic rings. The summed E-state index contributed by atoms with van der Waals surface area (Å²) in [5, 5.41) is 3.13. The lowest BCUT2D eigenvalue weighted by Gasteiger charge is -2.22. The number of carbonyl (C=O) groups excluding carboxylic acids is 1. The molecule has 1 amide bonds. The van der Waals surface area contributed by atoms with Gasteiger partial charge in [-0.05, 0) is 74.5 Å². The molecule has 4 heteroatoms. The lowest BCUT2D eigenvalue weighted by atomic mass is 9.93. The maximum Gasteiger partial charge on any atom is 0.223 e. The predicted octanol–water partition coefficient (Wildman–Crippen LogP) is 3.48. The van der Waals surface area contributed by atoms with Gasteiger partial charge in [0, 0.05) is 25.7 Å². The Labute approximate surface area is 150 Å². The monoisotopic (exact) mass is 343 g/mol. The van der Waals surface area contributed by atoms with Crippen LogP contribution in [0.15, 0.2) is 24.3 Å². The van der Waals surface area contributed by atoms with Gasteiger partial charge in [-0.25, -0.2) is 0 Å². The molecule has 1 aromatic rings. The summed E-state index contributed by atoms with van der Waals surface area (Å²) in [5.41, 5.74) is 1.51. The minimum absolute atomic E-state index is 0.221. The highest BCUT2D eigenvalue weighted by Gasteiger charge is 2.57. The first-order valence-corrected chi connectivity index (χ1v) is 9.86. The fourth-order valence-electron chi connectivity index (χ4n) is 4.44. The van der Waals surface area contributed by atoms with E-state index in [-0.39, 0.29) is 17.2 Å². The zero-order valence-corrected chi connectivity index (χ0v) is 15.0. The van der Waals surface area contributed by atoms with Crippen LogP contribution in [0.1, 0.15) is 50.5 Å². The van der Waals surface area contributed by atoms with Crippen molar-refractivity contribution in [2.75, 3.05) is 19.8 Å². The molecule has 136 valence electrons. The zero-order valence-electron chi connectivity index (χ0n) is 15.0. The van der Waals surface area contributed by atoms with Gasteiger partial charge in [-0.2, -0.15) is 0 Å². The van der Waals surface area contributed by atoms with Gasteiger partial charge in [0.1, 0.15) is 5.75 Å². The molecule has 2 aliphatic carbocycles. The third-order valence-corrected chi connectivity index (χ3v) is 6.24. The van der Waals surface area contributed by atoms with Gasteiger partial charge in [-0.1, -0.05) is 12.1 Å². The first-order chi connectivity index (χ1) is 12.3. The molecule has 3 fully saturated rings. The van der Waals surface area contributed by atoms with Crippen molar-refractivity contribution >= 4 is 5.91 Å². The first-order valence-electron chi connectivity index (χ1n) is 9.86. The third-order valence-electron chi connectivity index (χ3n) is 6.24. The summed E-state index contributed by atoms with van der Waals surface area (Å²) in [7, 11) is 0. The van der Waals surface area contributed by atoms with Crippen molar-refractivity contribution in [2.24, 2.45) is 11.3 Å². The summed E-state index contributed by atoms with van der Waals surface area (Å²) < 4.78 is 11.4. The van der Waals surface area contributed by atoms with Crippen LogP contribution in [0.5, 0.6) is 5.75 Å². The van der Waals surface area contributed by atoms with E-state index < -0.39 is 0 Å². The Balaban J connectivity index is 1.19. The summed E-state index contributed by atoms with van der Waals surface area (Å²) in [6.07, 6.45) is 9.37. The van der Waals surface area contributed by atoms with Gasteiger partial charge in [0.15, 0.2) is 0 Å². The van der Waals surface area contributed by atoms with Gasteiger partial charge in [-0.3, -0.25) is 4.79 Å². The highest BCUT2D eigenvalue weighted by Crippen LogP contribution is 2.59. The number of carbonyl (C=O) groups is 1. The molecule has 1 saturated heterocycles. The lowest BCUT2D eigenvalue weighted by molar-refractivity contribution is -0.123. The molecule has 0 radical (unpaired) electrons. The van der Waals surface area contributed by atoms with Crippen LogP contribution < -0.4 is 10.1 Å². The van der Waals surface area contributed by atoms with E-state index in [0.29, 0.717) is 12.6 Å². The lowest BCUT2D eigenvalue weighted by Crippen LogP contribution is -2.31. The van der Waals surface area contributed by atoms with Crippen molar-refractivity contribution in [2.45, 2.75) is 57.5 Å². The van der Waals surface area contributed by atoms with Crippen molar-refractivity contribution in [3.8, 4) is 5.75 Å². The third kappa shape index (κ3) is 4.00. The Hall–Kier alpha value is -1.55. The van der Waals surface area contributed by atoms with Crippen molar-refractivity contribution in [3.05, 3.63) is 29.8 Å². The number of ether oxygens (including phenoxy) is 2. The van der Waals surface area contributed by atoms with Crippen LogP contribution in [0.25, 0.3) is 0 Å². The van der Waals surface area contributed by atoms with Gasteiger partial charge in [0.2, 0.25) is 5.91 Å². The largest absolute Gasteiger partial charge is 0.490 e. The average molecular weight is 343 g/mol. The minimum atomic E-state index is 0.221. The Morgan fingerprint density at radius 2 is 1.88 bits per heavy atom. The molecular formula is C21H29NO3. The van der Waals surface area contributed by atoms with Gasteiger partial charge in [0.25, 0.3) is 0 Å². The Morgan fingerprint density at radius 3 is 2.60 bits per heavy atom. The number of rotatable bonds is 6. The molecule has 1 atom stereocenters. The molecule has 1 aromatic carbocycles. The first kappa shape index (κ1) is 16.9. The van der Waals surface area contributed by atoms with E-state index >= 15 is 0 Å². The second kappa shape index (κ2) is 7.36. The Kier molecular flexibility index (Phi) is 4.98. The van der Waals surface area contributed by atoms with Crippen LogP contribution in [-0.2, 0) is 16.0 Å². The van der Waals surface area contributed by atoms with Gasteiger partial charge in [-0.15, -0.1) is 0 Å². The molecular weight excluding hydrogens is 314 g/mol. The van der Waals surface area contributed by atoms with Crippen LogP contribution in [0.2, 0.25) is 0 Å². The summed E-state index contributed by atoms with van der Waals surface area (Å²) in [6.45, 7) is 2.35. The fraction of sp³-hybridized carbons (Fsp3) is 0.667. The molecule has 4 rings (SSSR count). The SMILES string of the molecule is O=C(NCCc1ccc(OC2CCCC2)cc1)[C@@H]1CC12CCOCC2. The second-order valence-corrected chi connectivity index (χ2v) is 7.94. The number of benzene rings is 1. The van der Waals surface area contributed by atoms with E-state index in [9.17, 15) is 4.79 Å². The normalized spacial score (nSPS) is 25.0. The topological polar surface area (TPSA) is 47.6 Å². The smallest absolute Gasteiger partial charge is 0.223 e. The van der Waals surface area contributed by atoms with E-state index in [2.05, 4.69) is 29.6 Å². The quantitative estimate of drug-likeness (QED) is 0.860. The second-order valence-electron chi connectivity index (χ2n) is 7.94. The summed E-state index contributed by atoms with van der Waals surface area (Å²) in [4.78, 5) is 12.3. The average Bonchev–Trinajstić information content (AvgIpc) is 3.07. The zero-order chi connectivity index (χ0) is 17.1. The van der Waals surface area contributed by atoms with E-state index in [1.807, 2.05) is 0 Å². The van der Waals surface area contributed by atoms with Gasteiger partial charge >= 0.3 is 0 Å². The molecule has 25 heavy (non-hydrogen) atoms. The summed E-state index contributed by atoms with van der Waals surface area (Å²) >= 11 is 0. The Morgan fingerprint density at radius 1 is 1.16 bits per heavy atom. The molecule has 2 saturated carbocycles. The van der Waals surface area contributed by atoms with E-state index in [0.717, 1.165) is 44.6 Å². The van der Waals surface area contributed by atoms with Crippen molar-refractivity contribution in [1.29, 1.82) is 0 Å². The van der Waals surface area contributed by atoms with Gasteiger partial charge < -0.3 is 14.8 Å². The van der Waals surface area contributed by atoms with Crippen LogP contribution >= 0.6 is 0 Å². The minimum Gasteiger partial charge on any atom is -0.490 e. The van der Waals surface area contributed by atoms with E-state index in [4.69, 9.17) is 9.47 Å². The molecule has 4 nitrogen and oxygen atoms in total. The molecule has 1 N–H and O–H groups in total. The van der Waals surface area contributed by atoms with E-state index in [1.165, 1.54) is 31.2 Å². The highest BCUT2D eigenvalue weighted by atomic mass is 16.5. The summed E-state index contributed by atoms with van der Waals surface area (Å²) in [6, 6.07) is 8.36.